The minimum atomic E-state index is 0.109. The molecule has 9 nitrogen and oxygen atoms in total. The lowest BCUT2D eigenvalue weighted by Gasteiger charge is -2.32. The van der Waals surface area contributed by atoms with Crippen molar-refractivity contribution >= 4 is 51.7 Å². The number of benzene rings is 1. The predicted molar refractivity (Wildman–Crippen MR) is 136 cm³/mol. The molecular formula is C23H28N8OS2. The van der Waals surface area contributed by atoms with Crippen molar-refractivity contribution in [3.05, 3.63) is 34.8 Å². The van der Waals surface area contributed by atoms with E-state index in [1.807, 2.05) is 31.2 Å². The molecule has 0 unspecified atom stereocenters. The normalized spacial score (nSPS) is 16.5. The third-order valence-electron chi connectivity index (χ3n) is 5.92. The third kappa shape index (κ3) is 5.65. The number of aryl methyl sites for hydroxylation is 2. The van der Waals surface area contributed by atoms with Gasteiger partial charge in [0, 0.05) is 47.6 Å². The Bertz CT molecular complexity index is 1150. The van der Waals surface area contributed by atoms with Crippen LogP contribution in [0.2, 0.25) is 0 Å². The molecule has 3 heterocycles. The van der Waals surface area contributed by atoms with E-state index in [1.165, 1.54) is 16.6 Å². The van der Waals surface area contributed by atoms with E-state index in [2.05, 4.69) is 44.4 Å². The molecular weight excluding hydrogens is 468 g/mol. The number of amides is 1. The maximum absolute atomic E-state index is 12.0. The van der Waals surface area contributed by atoms with Crippen molar-refractivity contribution in [3.63, 3.8) is 0 Å². The van der Waals surface area contributed by atoms with Gasteiger partial charge in [0.1, 0.15) is 0 Å². The highest BCUT2D eigenvalue weighted by Gasteiger charge is 2.29. The molecule has 5 rings (SSSR count). The van der Waals surface area contributed by atoms with Crippen LogP contribution in [0.1, 0.15) is 23.4 Å². The summed E-state index contributed by atoms with van der Waals surface area (Å²) in [5.74, 6) is 1.46. The van der Waals surface area contributed by atoms with Crippen molar-refractivity contribution in [2.24, 2.45) is 5.92 Å². The molecule has 11 heteroatoms. The molecule has 2 fully saturated rings. The van der Waals surface area contributed by atoms with Crippen LogP contribution in [0, 0.1) is 19.8 Å². The van der Waals surface area contributed by atoms with Gasteiger partial charge in [-0.15, -0.1) is 11.3 Å². The van der Waals surface area contributed by atoms with E-state index in [9.17, 15) is 4.79 Å². The quantitative estimate of drug-likeness (QED) is 0.504. The Balaban J connectivity index is 1.36. The maximum Gasteiger partial charge on any atom is 0.234 e. The van der Waals surface area contributed by atoms with Crippen LogP contribution in [-0.4, -0.2) is 64.0 Å². The summed E-state index contributed by atoms with van der Waals surface area (Å²) in [6, 6.07) is 7.80. The standard InChI is InChI=1S/C23H28N8OS2/c1-14-15(2)33-22(24-14)27-20-26-21(31-12-10-30(3)11-13-31)29-23(28-20)34-18-8-6-17(7-9-18)25-19(32)16-4-5-16/h6-9,16H,4-5,10-13H2,1-3H3,(H,25,32)(H,24,26,27,28,29). The monoisotopic (exact) mass is 496 g/mol. The van der Waals surface area contributed by atoms with Gasteiger partial charge in [-0.1, -0.05) is 0 Å². The number of carbonyl (C=O) groups excluding carboxylic acids is 1. The molecule has 2 aromatic heterocycles. The first-order valence-corrected chi connectivity index (χ1v) is 13.1. The Morgan fingerprint density at radius 1 is 1.03 bits per heavy atom. The second kappa shape index (κ2) is 9.85. The van der Waals surface area contributed by atoms with Crippen molar-refractivity contribution in [2.45, 2.75) is 36.7 Å². The zero-order valence-corrected chi connectivity index (χ0v) is 21.2. The van der Waals surface area contributed by atoms with Gasteiger partial charge in [-0.05, 0) is 69.8 Å². The molecule has 1 saturated carbocycles. The fourth-order valence-electron chi connectivity index (χ4n) is 3.52. The Morgan fingerprint density at radius 2 is 1.76 bits per heavy atom. The number of carbonyl (C=O) groups is 1. The van der Waals surface area contributed by atoms with Gasteiger partial charge < -0.3 is 15.1 Å². The van der Waals surface area contributed by atoms with E-state index in [0.717, 1.165) is 60.4 Å². The Hall–Kier alpha value is -2.76. The molecule has 0 radical (unpaired) electrons. The van der Waals surface area contributed by atoms with Crippen LogP contribution in [0.25, 0.3) is 0 Å². The first kappa shape index (κ1) is 23.0. The van der Waals surface area contributed by atoms with Crippen LogP contribution >= 0.6 is 23.1 Å². The van der Waals surface area contributed by atoms with Gasteiger partial charge in [0.2, 0.25) is 17.8 Å². The summed E-state index contributed by atoms with van der Waals surface area (Å²) in [5.41, 5.74) is 1.82. The number of anilines is 4. The van der Waals surface area contributed by atoms with Crippen molar-refractivity contribution < 1.29 is 4.79 Å². The fourth-order valence-corrected chi connectivity index (χ4v) is 5.07. The number of thiazole rings is 1. The Morgan fingerprint density at radius 3 is 2.41 bits per heavy atom. The van der Waals surface area contributed by atoms with Crippen LogP contribution in [0.15, 0.2) is 34.3 Å². The molecule has 1 saturated heterocycles. The van der Waals surface area contributed by atoms with Gasteiger partial charge in [-0.25, -0.2) is 4.98 Å². The van der Waals surface area contributed by atoms with Gasteiger partial charge >= 0.3 is 0 Å². The van der Waals surface area contributed by atoms with Crippen LogP contribution in [-0.2, 0) is 4.79 Å². The highest BCUT2D eigenvalue weighted by Crippen LogP contribution is 2.32. The highest BCUT2D eigenvalue weighted by atomic mass is 32.2. The van der Waals surface area contributed by atoms with Gasteiger partial charge in [0.15, 0.2) is 10.3 Å². The lowest BCUT2D eigenvalue weighted by atomic mass is 10.3. The zero-order valence-electron chi connectivity index (χ0n) is 19.5. The molecule has 0 atom stereocenters. The van der Waals surface area contributed by atoms with Gasteiger partial charge in [0.25, 0.3) is 0 Å². The summed E-state index contributed by atoms with van der Waals surface area (Å²) in [6.45, 7) is 7.73. The SMILES string of the molecule is Cc1nc(Nc2nc(Sc3ccc(NC(=O)C4CC4)cc3)nc(N3CCN(C)CC3)n2)sc1C. The number of aromatic nitrogens is 4. The average molecular weight is 497 g/mol. The number of hydrogen-bond acceptors (Lipinski definition) is 10. The van der Waals surface area contributed by atoms with Crippen LogP contribution < -0.4 is 15.5 Å². The number of likely N-dealkylation sites (N-methyl/N-ethyl adjacent to an activating group) is 1. The Labute approximate surface area is 207 Å². The molecule has 1 aliphatic carbocycles. The lowest BCUT2D eigenvalue weighted by Crippen LogP contribution is -2.45. The van der Waals surface area contributed by atoms with Crippen LogP contribution in [0.5, 0.6) is 0 Å². The summed E-state index contributed by atoms with van der Waals surface area (Å²) in [6.07, 6.45) is 1.98. The number of nitrogens with zero attached hydrogens (tertiary/aromatic N) is 6. The van der Waals surface area contributed by atoms with Crippen molar-refractivity contribution in [2.75, 3.05) is 48.8 Å². The number of rotatable bonds is 7. The summed E-state index contributed by atoms with van der Waals surface area (Å²) < 4.78 is 0. The van der Waals surface area contributed by atoms with E-state index in [1.54, 1.807) is 11.3 Å². The number of nitrogens with one attached hydrogen (secondary N) is 2. The van der Waals surface area contributed by atoms with Gasteiger partial charge in [-0.3, -0.25) is 10.1 Å². The van der Waals surface area contributed by atoms with Gasteiger partial charge in [-0.2, -0.15) is 15.0 Å². The van der Waals surface area contributed by atoms with Gasteiger partial charge in [0.05, 0.1) is 5.69 Å². The fraction of sp³-hybridized carbons (Fsp3) is 0.435. The van der Waals surface area contributed by atoms with Crippen molar-refractivity contribution in [3.8, 4) is 0 Å². The first-order chi connectivity index (χ1) is 16.4. The van der Waals surface area contributed by atoms with Crippen molar-refractivity contribution in [1.82, 2.24) is 24.8 Å². The molecule has 34 heavy (non-hydrogen) atoms. The first-order valence-electron chi connectivity index (χ1n) is 11.4. The van der Waals surface area contributed by atoms with Crippen LogP contribution in [0.4, 0.5) is 22.7 Å². The molecule has 1 amide bonds. The topological polar surface area (TPSA) is 99.2 Å². The van der Waals surface area contributed by atoms with Crippen LogP contribution in [0.3, 0.4) is 0 Å². The summed E-state index contributed by atoms with van der Waals surface area (Å²) in [4.78, 5) is 37.4. The molecule has 2 aliphatic rings. The zero-order chi connectivity index (χ0) is 23.7. The molecule has 178 valence electrons. The molecule has 2 N–H and O–H groups in total. The second-order valence-electron chi connectivity index (χ2n) is 8.71. The van der Waals surface area contributed by atoms with E-state index >= 15 is 0 Å². The predicted octanol–water partition coefficient (Wildman–Crippen LogP) is 3.94. The summed E-state index contributed by atoms with van der Waals surface area (Å²) >= 11 is 3.07. The molecule has 0 bridgehead atoms. The Kier molecular flexibility index (Phi) is 6.66. The molecule has 1 aromatic carbocycles. The minimum Gasteiger partial charge on any atom is -0.338 e. The van der Waals surface area contributed by atoms with E-state index < -0.39 is 0 Å². The second-order valence-corrected chi connectivity index (χ2v) is 11.0. The summed E-state index contributed by atoms with van der Waals surface area (Å²) in [5, 5.41) is 7.64. The average Bonchev–Trinajstić information content (AvgIpc) is 3.61. The number of hydrogen-bond donors (Lipinski definition) is 2. The molecule has 0 spiro atoms. The van der Waals surface area contributed by atoms with Crippen molar-refractivity contribution in [1.29, 1.82) is 0 Å². The minimum absolute atomic E-state index is 0.109. The third-order valence-corrected chi connectivity index (χ3v) is 7.78. The van der Waals surface area contributed by atoms with E-state index in [0.29, 0.717) is 17.1 Å². The molecule has 3 aromatic rings. The smallest absolute Gasteiger partial charge is 0.234 e. The molecule has 1 aliphatic heterocycles. The lowest BCUT2D eigenvalue weighted by molar-refractivity contribution is -0.117. The summed E-state index contributed by atoms with van der Waals surface area (Å²) in [7, 11) is 2.13. The van der Waals surface area contributed by atoms with E-state index in [-0.39, 0.29) is 11.8 Å². The van der Waals surface area contributed by atoms with E-state index in [4.69, 9.17) is 9.97 Å². The largest absolute Gasteiger partial charge is 0.338 e. The number of piperazine rings is 1. The maximum atomic E-state index is 12.0. The highest BCUT2D eigenvalue weighted by molar-refractivity contribution is 7.99.